The van der Waals surface area contributed by atoms with Gasteiger partial charge in [0.25, 0.3) is 0 Å². The lowest BCUT2D eigenvalue weighted by Crippen LogP contribution is -1.84. The first-order chi connectivity index (χ1) is 3.93. The minimum atomic E-state index is 0.753. The van der Waals surface area contributed by atoms with Crippen LogP contribution in [-0.2, 0) is 6.61 Å². The average Bonchev–Trinajstić information content (AvgIpc) is 2.19. The fourth-order valence-corrected chi connectivity index (χ4v) is 1.17. The molecule has 0 atom stereocenters. The quantitative estimate of drug-likeness (QED) is 0.423. The van der Waals surface area contributed by atoms with E-state index in [4.69, 9.17) is 0 Å². The van der Waals surface area contributed by atoms with E-state index in [2.05, 4.69) is 23.3 Å². The largest absolute Gasteiger partial charge is 0.578 e. The topological polar surface area (TPSA) is 12.8 Å². The third kappa shape index (κ3) is 1.32. The molecule has 0 amide bonds. The number of hydrogen-bond donors (Lipinski definition) is 0. The summed E-state index contributed by atoms with van der Waals surface area (Å²) in [6, 6.07) is 2.05. The summed E-state index contributed by atoms with van der Waals surface area (Å²) in [6.45, 7) is 0.753. The lowest BCUT2D eigenvalue weighted by atomic mass is 10.4. The van der Waals surface area contributed by atoms with Gasteiger partial charge in [-0.15, -0.1) is 0 Å². The number of thiophene rings is 1. The van der Waals surface area contributed by atoms with E-state index in [1.54, 1.807) is 11.3 Å². The molecule has 0 aliphatic heterocycles. The Morgan fingerprint density at radius 1 is 1.75 bits per heavy atom. The van der Waals surface area contributed by atoms with Gasteiger partial charge in [-0.2, -0.15) is 11.3 Å². The Kier molecular flexibility index (Phi) is 2.06. The molecular formula is C6H8OS. The summed E-state index contributed by atoms with van der Waals surface area (Å²) in [5, 5.41) is 4.12. The predicted molar refractivity (Wildman–Crippen MR) is 35.6 cm³/mol. The van der Waals surface area contributed by atoms with E-state index in [0.717, 1.165) is 6.61 Å². The SMILES string of the molecule is [CH2-][OH+]Cc1ccsc1. The molecule has 0 radical (unpaired) electrons. The van der Waals surface area contributed by atoms with Crippen LogP contribution in [0.3, 0.4) is 0 Å². The Bertz CT molecular complexity index is 134. The molecule has 1 rings (SSSR count). The highest BCUT2D eigenvalue weighted by Gasteiger charge is 1.88. The van der Waals surface area contributed by atoms with E-state index in [1.165, 1.54) is 5.56 Å². The second-order valence-corrected chi connectivity index (χ2v) is 2.29. The Hall–Kier alpha value is -0.340. The average molecular weight is 128 g/mol. The van der Waals surface area contributed by atoms with Gasteiger partial charge in [-0.1, -0.05) is 7.11 Å². The van der Waals surface area contributed by atoms with Crippen LogP contribution in [0.1, 0.15) is 5.56 Å². The van der Waals surface area contributed by atoms with Crippen molar-refractivity contribution in [1.29, 1.82) is 0 Å². The first-order valence-corrected chi connectivity index (χ1v) is 3.31. The van der Waals surface area contributed by atoms with E-state index in [-0.39, 0.29) is 0 Å². The molecule has 1 nitrogen and oxygen atoms in total. The van der Waals surface area contributed by atoms with Gasteiger partial charge in [-0.05, 0) is 11.4 Å². The van der Waals surface area contributed by atoms with Crippen LogP contribution in [0.15, 0.2) is 16.8 Å². The third-order valence-corrected chi connectivity index (χ3v) is 1.61. The highest BCUT2D eigenvalue weighted by atomic mass is 32.1. The molecule has 8 heavy (non-hydrogen) atoms. The van der Waals surface area contributed by atoms with Gasteiger partial charge in [0.15, 0.2) is 0 Å². The van der Waals surface area contributed by atoms with Gasteiger partial charge in [0, 0.05) is 10.9 Å². The number of ether oxygens (including phenoxy) is 1. The first kappa shape index (κ1) is 5.79. The van der Waals surface area contributed by atoms with Crippen LogP contribution in [0.25, 0.3) is 0 Å². The van der Waals surface area contributed by atoms with E-state index in [0.29, 0.717) is 0 Å². The molecule has 1 N–H and O–H groups in total. The molecule has 1 heterocycles. The molecule has 0 saturated carbocycles. The predicted octanol–water partition coefficient (Wildman–Crippen LogP) is 1.57. The zero-order valence-corrected chi connectivity index (χ0v) is 5.32. The zero-order chi connectivity index (χ0) is 5.82. The maximum Gasteiger partial charge on any atom is 0.146 e. The first-order valence-electron chi connectivity index (χ1n) is 2.37. The molecule has 44 valence electrons. The van der Waals surface area contributed by atoms with Crippen molar-refractivity contribution in [2.45, 2.75) is 6.61 Å². The molecule has 0 aromatic carbocycles. The van der Waals surface area contributed by atoms with Gasteiger partial charge in [0.2, 0.25) is 0 Å². The molecule has 0 saturated heterocycles. The lowest BCUT2D eigenvalue weighted by Gasteiger charge is -1.93. The fraction of sp³-hybridized carbons (Fsp3) is 0.167. The van der Waals surface area contributed by atoms with Crippen molar-refractivity contribution >= 4 is 11.3 Å². The summed E-state index contributed by atoms with van der Waals surface area (Å²) in [5.74, 6) is 0. The van der Waals surface area contributed by atoms with Gasteiger partial charge in [0.1, 0.15) is 6.61 Å². The molecule has 0 aliphatic rings. The van der Waals surface area contributed by atoms with E-state index in [9.17, 15) is 0 Å². The second kappa shape index (κ2) is 2.84. The second-order valence-electron chi connectivity index (χ2n) is 1.51. The van der Waals surface area contributed by atoms with Crippen LogP contribution in [0.2, 0.25) is 0 Å². The van der Waals surface area contributed by atoms with Crippen LogP contribution in [0.5, 0.6) is 0 Å². The molecule has 0 spiro atoms. The molecule has 0 bridgehead atoms. The molecule has 0 fully saturated rings. The minimum Gasteiger partial charge on any atom is -0.578 e. The molecule has 0 aliphatic carbocycles. The molecular weight excluding hydrogens is 120 g/mol. The Morgan fingerprint density at radius 3 is 3.12 bits per heavy atom. The van der Waals surface area contributed by atoms with E-state index < -0.39 is 0 Å². The van der Waals surface area contributed by atoms with Gasteiger partial charge >= 0.3 is 0 Å². The van der Waals surface area contributed by atoms with Crippen molar-refractivity contribution in [3.63, 3.8) is 0 Å². The van der Waals surface area contributed by atoms with Crippen molar-refractivity contribution in [2.24, 2.45) is 0 Å². The summed E-state index contributed by atoms with van der Waals surface area (Å²) >= 11 is 1.69. The Labute approximate surface area is 52.9 Å². The van der Waals surface area contributed by atoms with Crippen molar-refractivity contribution in [2.75, 3.05) is 0 Å². The summed E-state index contributed by atoms with van der Waals surface area (Å²) in [7, 11) is 3.39. The van der Waals surface area contributed by atoms with Crippen molar-refractivity contribution in [3.05, 3.63) is 29.5 Å². The van der Waals surface area contributed by atoms with Crippen LogP contribution in [0, 0.1) is 7.11 Å². The van der Waals surface area contributed by atoms with Gasteiger partial charge in [-0.3, -0.25) is 0 Å². The maximum absolute atomic E-state index is 3.73. The van der Waals surface area contributed by atoms with E-state index in [1.807, 2.05) is 5.38 Å². The summed E-state index contributed by atoms with van der Waals surface area (Å²) < 4.78 is 3.73. The standard InChI is InChI=1S/C6H8OS/c1-7-4-6-2-3-8-5-6/h2-3,5,7H,1,4H2. The summed E-state index contributed by atoms with van der Waals surface area (Å²) in [5.41, 5.74) is 1.25. The van der Waals surface area contributed by atoms with Crippen molar-refractivity contribution < 1.29 is 4.74 Å². The van der Waals surface area contributed by atoms with Gasteiger partial charge in [-0.25, -0.2) is 0 Å². The third-order valence-electron chi connectivity index (χ3n) is 0.874. The molecule has 1 aromatic rings. The molecule has 2 heteroatoms. The molecule has 1 aromatic heterocycles. The van der Waals surface area contributed by atoms with Crippen LogP contribution < -0.4 is 0 Å². The van der Waals surface area contributed by atoms with Crippen molar-refractivity contribution in [1.82, 2.24) is 0 Å². The number of rotatable bonds is 2. The smallest absolute Gasteiger partial charge is 0.146 e. The van der Waals surface area contributed by atoms with Crippen LogP contribution in [0.4, 0.5) is 0 Å². The zero-order valence-electron chi connectivity index (χ0n) is 4.50. The lowest BCUT2D eigenvalue weighted by molar-refractivity contribution is 0.0403. The van der Waals surface area contributed by atoms with Crippen LogP contribution in [-0.4, -0.2) is 4.74 Å². The highest BCUT2D eigenvalue weighted by Crippen LogP contribution is 2.05. The van der Waals surface area contributed by atoms with Gasteiger partial charge in [0.05, 0.1) is 0 Å². The van der Waals surface area contributed by atoms with Crippen molar-refractivity contribution in [3.8, 4) is 0 Å². The maximum atomic E-state index is 3.73. The normalized spacial score (nSPS) is 9.62. The fourth-order valence-electron chi connectivity index (χ4n) is 0.512. The highest BCUT2D eigenvalue weighted by molar-refractivity contribution is 7.07. The van der Waals surface area contributed by atoms with Gasteiger partial charge < -0.3 is 4.74 Å². The van der Waals surface area contributed by atoms with E-state index >= 15 is 0 Å². The summed E-state index contributed by atoms with van der Waals surface area (Å²) in [4.78, 5) is 0. The van der Waals surface area contributed by atoms with Crippen LogP contribution >= 0.6 is 11.3 Å². The number of aliphatic hydroxyl groups is 2. The Morgan fingerprint density at radius 2 is 2.62 bits per heavy atom. The summed E-state index contributed by atoms with van der Waals surface area (Å²) in [6.07, 6.45) is 0. The minimum absolute atomic E-state index is 0.753. The Balaban J connectivity index is 2.50. The monoisotopic (exact) mass is 128 g/mol. The number of hydrogen-bond acceptors (Lipinski definition) is 1. The molecule has 0 unspecified atom stereocenters.